The molecule has 0 saturated carbocycles. The van der Waals surface area contributed by atoms with Crippen LogP contribution < -0.4 is 5.32 Å². The molecular formula is C26H21N3O4. The van der Waals surface area contributed by atoms with Gasteiger partial charge in [-0.15, -0.1) is 0 Å². The molecule has 0 radical (unpaired) electrons. The number of aliphatic hydroxyl groups excluding tert-OH is 1. The minimum Gasteiger partial charge on any atom is -0.385 e. The molecule has 33 heavy (non-hydrogen) atoms. The molecule has 3 N–H and O–H groups in total. The van der Waals surface area contributed by atoms with Crippen LogP contribution in [0.3, 0.4) is 0 Å². The first-order valence-corrected chi connectivity index (χ1v) is 11.4. The van der Waals surface area contributed by atoms with Gasteiger partial charge < -0.3 is 29.4 Å². The lowest BCUT2D eigenvalue weighted by molar-refractivity contribution is -0.257. The second kappa shape index (κ2) is 5.56. The molecule has 1 fully saturated rings. The van der Waals surface area contributed by atoms with Crippen molar-refractivity contribution in [3.8, 4) is 0 Å². The first-order chi connectivity index (χ1) is 16.0. The highest BCUT2D eigenvalue weighted by molar-refractivity contribution is 6.31. The Hall–Kier alpha value is -3.39. The molecule has 0 unspecified atom stereocenters. The largest absolute Gasteiger partial charge is 0.385 e. The van der Waals surface area contributed by atoms with E-state index < -0.39 is 24.2 Å². The lowest BCUT2D eigenvalue weighted by Gasteiger charge is -2.44. The molecule has 164 valence electrons. The quantitative estimate of drug-likeness (QED) is 0.345. The molecule has 5 heterocycles. The molecule has 3 aliphatic heterocycles. The van der Waals surface area contributed by atoms with Gasteiger partial charge in [0.1, 0.15) is 12.3 Å². The average Bonchev–Trinajstić information content (AvgIpc) is 3.45. The first-order valence-electron chi connectivity index (χ1n) is 11.4. The Bertz CT molecular complexity index is 1710. The molecule has 7 heteroatoms. The monoisotopic (exact) mass is 439 g/mol. The maximum absolute atomic E-state index is 13.2. The van der Waals surface area contributed by atoms with Gasteiger partial charge in [0.2, 0.25) is 0 Å². The average molecular weight is 439 g/mol. The number of nitrogens with one attached hydrogen (secondary N) is 1. The van der Waals surface area contributed by atoms with Gasteiger partial charge in [-0.05, 0) is 24.6 Å². The molecular weight excluding hydrogens is 418 g/mol. The second-order valence-corrected chi connectivity index (χ2v) is 9.55. The normalized spacial score (nSPS) is 28.2. The number of aliphatic hydroxyl groups is 2. The molecule has 7 nitrogen and oxygen atoms in total. The molecule has 2 bridgehead atoms. The molecule has 8 rings (SSSR count). The van der Waals surface area contributed by atoms with Gasteiger partial charge in [0.05, 0.1) is 33.7 Å². The summed E-state index contributed by atoms with van der Waals surface area (Å²) in [5.74, 6) is -0.0770. The summed E-state index contributed by atoms with van der Waals surface area (Å²) in [4.78, 5) is 13.2. The number of ether oxygens (including phenoxy) is 1. The van der Waals surface area contributed by atoms with Crippen LogP contribution in [0, 0.1) is 0 Å². The Balaban J connectivity index is 1.77. The summed E-state index contributed by atoms with van der Waals surface area (Å²) in [5, 5.41) is 30.3. The minimum absolute atomic E-state index is 0.0770. The highest BCUT2D eigenvalue weighted by Gasteiger charge is 2.52. The highest BCUT2D eigenvalue weighted by Crippen LogP contribution is 2.53. The van der Waals surface area contributed by atoms with Crippen LogP contribution in [0.5, 0.6) is 0 Å². The SMILES string of the molecule is C[C@@H]1O[C@@H]2C[C@](O)([C@H]1O)n1c3ccccc3c3c4c(c5c6ccccc6n2c5c31)C(=O)NC4. The first kappa shape index (κ1) is 18.1. The zero-order chi connectivity index (χ0) is 22.2. The molecule has 3 aliphatic rings. The molecule has 1 saturated heterocycles. The van der Waals surface area contributed by atoms with Gasteiger partial charge in [0.15, 0.2) is 5.72 Å². The zero-order valence-electron chi connectivity index (χ0n) is 17.9. The van der Waals surface area contributed by atoms with Gasteiger partial charge in [0.25, 0.3) is 5.91 Å². The molecule has 0 aliphatic carbocycles. The van der Waals surface area contributed by atoms with Crippen molar-refractivity contribution in [2.24, 2.45) is 0 Å². The summed E-state index contributed by atoms with van der Waals surface area (Å²) >= 11 is 0. The van der Waals surface area contributed by atoms with E-state index in [0.29, 0.717) is 12.1 Å². The number of aromatic nitrogens is 2. The van der Waals surface area contributed by atoms with Crippen LogP contribution in [0.25, 0.3) is 43.6 Å². The third-order valence-corrected chi connectivity index (χ3v) is 7.96. The Labute approximate surface area is 187 Å². The van der Waals surface area contributed by atoms with E-state index >= 15 is 0 Å². The van der Waals surface area contributed by atoms with Crippen molar-refractivity contribution in [1.29, 1.82) is 0 Å². The van der Waals surface area contributed by atoms with Crippen LogP contribution in [-0.4, -0.2) is 37.5 Å². The maximum atomic E-state index is 13.2. The van der Waals surface area contributed by atoms with Crippen LogP contribution in [0.15, 0.2) is 48.5 Å². The van der Waals surface area contributed by atoms with Crippen LogP contribution >= 0.6 is 0 Å². The zero-order valence-corrected chi connectivity index (χ0v) is 17.9. The molecule has 3 aromatic carbocycles. The van der Waals surface area contributed by atoms with Gasteiger partial charge in [-0.2, -0.15) is 0 Å². The third kappa shape index (κ3) is 1.85. The third-order valence-electron chi connectivity index (χ3n) is 7.96. The molecule has 5 aromatic rings. The number of para-hydroxylation sites is 2. The van der Waals surface area contributed by atoms with Gasteiger partial charge in [-0.25, -0.2) is 0 Å². The Morgan fingerprint density at radius 3 is 2.52 bits per heavy atom. The van der Waals surface area contributed by atoms with Crippen molar-refractivity contribution >= 4 is 49.5 Å². The number of carbonyl (C=O) groups is 1. The molecule has 1 amide bonds. The minimum atomic E-state index is -1.55. The van der Waals surface area contributed by atoms with Crippen molar-refractivity contribution in [3.63, 3.8) is 0 Å². The van der Waals surface area contributed by atoms with E-state index in [0.717, 1.165) is 49.2 Å². The number of carbonyl (C=O) groups excluding carboxylic acids is 1. The van der Waals surface area contributed by atoms with E-state index in [-0.39, 0.29) is 12.3 Å². The predicted octanol–water partition coefficient (Wildman–Crippen LogP) is 3.47. The smallest absolute Gasteiger partial charge is 0.252 e. The standard InChI is InChI=1S/C26H21N3O4/c1-12-24(30)26(32)10-18(33-12)28-16-8-4-2-6-13(16)20-21-15(11-27-25(21)31)19-14-7-3-5-9-17(14)29(26)23(19)22(20)28/h2-9,12,18,24,30,32H,10-11H2,1H3,(H,27,31)/t12-,18+,24-,26-/m0/s1. The second-order valence-electron chi connectivity index (χ2n) is 9.55. The van der Waals surface area contributed by atoms with Crippen molar-refractivity contribution in [1.82, 2.24) is 14.5 Å². The van der Waals surface area contributed by atoms with Crippen LogP contribution in [-0.2, 0) is 17.0 Å². The lowest BCUT2D eigenvalue weighted by atomic mass is 9.93. The summed E-state index contributed by atoms with van der Waals surface area (Å²) in [6.07, 6.45) is -1.97. The van der Waals surface area contributed by atoms with Crippen LogP contribution in [0.4, 0.5) is 0 Å². The fourth-order valence-electron chi connectivity index (χ4n) is 6.68. The van der Waals surface area contributed by atoms with Gasteiger partial charge in [0, 0.05) is 34.5 Å². The summed E-state index contributed by atoms with van der Waals surface area (Å²) in [6, 6.07) is 16.0. The van der Waals surface area contributed by atoms with E-state index in [9.17, 15) is 15.0 Å². The van der Waals surface area contributed by atoms with Gasteiger partial charge in [-0.3, -0.25) is 4.79 Å². The fourth-order valence-corrected chi connectivity index (χ4v) is 6.68. The molecule has 0 spiro atoms. The lowest BCUT2D eigenvalue weighted by Crippen LogP contribution is -2.55. The maximum Gasteiger partial charge on any atom is 0.252 e. The number of amides is 1. The highest BCUT2D eigenvalue weighted by atomic mass is 16.5. The number of rotatable bonds is 0. The number of hydrogen-bond donors (Lipinski definition) is 3. The number of benzene rings is 3. The summed E-state index contributed by atoms with van der Waals surface area (Å²) in [6.45, 7) is 2.24. The Morgan fingerprint density at radius 2 is 1.73 bits per heavy atom. The topological polar surface area (TPSA) is 88.7 Å². The van der Waals surface area contributed by atoms with E-state index in [1.165, 1.54) is 0 Å². The van der Waals surface area contributed by atoms with Crippen molar-refractivity contribution in [3.05, 3.63) is 59.7 Å². The Morgan fingerprint density at radius 1 is 1.03 bits per heavy atom. The predicted molar refractivity (Wildman–Crippen MR) is 124 cm³/mol. The van der Waals surface area contributed by atoms with Gasteiger partial charge in [-0.1, -0.05) is 36.4 Å². The van der Waals surface area contributed by atoms with E-state index in [1.807, 2.05) is 53.1 Å². The number of hydrogen-bond acceptors (Lipinski definition) is 4. The molecule has 4 atom stereocenters. The van der Waals surface area contributed by atoms with E-state index in [1.54, 1.807) is 6.92 Å². The fraction of sp³-hybridized carbons (Fsp3) is 0.269. The molecule has 2 aromatic heterocycles. The number of fused-ring (bicyclic) bond motifs is 13. The van der Waals surface area contributed by atoms with E-state index in [4.69, 9.17) is 4.74 Å². The van der Waals surface area contributed by atoms with Crippen LogP contribution in [0.1, 0.15) is 35.5 Å². The Kier molecular flexibility index (Phi) is 3.05. The van der Waals surface area contributed by atoms with Gasteiger partial charge >= 0.3 is 0 Å². The van der Waals surface area contributed by atoms with E-state index in [2.05, 4.69) is 9.88 Å². The summed E-state index contributed by atoms with van der Waals surface area (Å²) in [7, 11) is 0. The van der Waals surface area contributed by atoms with Crippen molar-refractivity contribution < 1.29 is 19.7 Å². The number of nitrogens with zero attached hydrogens (tertiary/aromatic N) is 2. The van der Waals surface area contributed by atoms with Crippen molar-refractivity contribution in [2.45, 2.75) is 44.1 Å². The van der Waals surface area contributed by atoms with Crippen molar-refractivity contribution in [2.75, 3.05) is 0 Å². The summed E-state index contributed by atoms with van der Waals surface area (Å²) < 4.78 is 10.4. The summed E-state index contributed by atoms with van der Waals surface area (Å²) in [5.41, 5.74) is 3.61. The van der Waals surface area contributed by atoms with Crippen LogP contribution in [0.2, 0.25) is 0 Å².